The van der Waals surface area contributed by atoms with Crippen LogP contribution in [0.1, 0.15) is 11.4 Å². The summed E-state index contributed by atoms with van der Waals surface area (Å²) in [5, 5.41) is 0. The predicted octanol–water partition coefficient (Wildman–Crippen LogP) is 2.19. The average Bonchev–Trinajstić information content (AvgIpc) is 2.28. The van der Waals surface area contributed by atoms with Crippen molar-refractivity contribution in [1.82, 2.24) is 15.0 Å². The van der Waals surface area contributed by atoms with E-state index in [1.165, 1.54) is 0 Å². The Morgan fingerprint density at radius 2 is 2.12 bits per heavy atom. The molecule has 2 aromatic rings. The van der Waals surface area contributed by atoms with Crippen LogP contribution in [-0.2, 0) is 6.54 Å². The monoisotopic (exact) mass is 294 g/mol. The molecule has 0 aliphatic rings. The van der Waals surface area contributed by atoms with E-state index >= 15 is 0 Å². The van der Waals surface area contributed by atoms with Crippen LogP contribution in [0.15, 0.2) is 29.0 Å². The van der Waals surface area contributed by atoms with Crippen molar-refractivity contribution in [2.24, 2.45) is 5.73 Å². The molecule has 0 bridgehead atoms. The number of nitrogens with two attached hydrogens (primary N) is 1. The van der Waals surface area contributed by atoms with Crippen LogP contribution in [0.5, 0.6) is 11.8 Å². The molecular weight excluding hydrogens is 284 g/mol. The zero-order valence-electron chi connectivity index (χ0n) is 9.22. The average molecular weight is 295 g/mol. The standard InChI is InChI=1S/C11H11BrN4O/c1-7-2-9(4-13)16-11(15-7)17-10-3-8(12)5-14-6-10/h2-3,5-6H,4,13H2,1H3. The van der Waals surface area contributed by atoms with Gasteiger partial charge in [-0.05, 0) is 35.0 Å². The zero-order chi connectivity index (χ0) is 12.3. The van der Waals surface area contributed by atoms with Gasteiger partial charge in [-0.15, -0.1) is 0 Å². The summed E-state index contributed by atoms with van der Waals surface area (Å²) in [5.41, 5.74) is 7.10. The summed E-state index contributed by atoms with van der Waals surface area (Å²) in [5.74, 6) is 0.577. The van der Waals surface area contributed by atoms with Gasteiger partial charge in [0.1, 0.15) is 0 Å². The van der Waals surface area contributed by atoms with Gasteiger partial charge in [0.25, 0.3) is 0 Å². The van der Waals surface area contributed by atoms with E-state index in [0.29, 0.717) is 12.3 Å². The highest BCUT2D eigenvalue weighted by atomic mass is 79.9. The fourth-order valence-electron chi connectivity index (χ4n) is 1.31. The first kappa shape index (κ1) is 11.9. The largest absolute Gasteiger partial charge is 0.423 e. The number of ether oxygens (including phenoxy) is 1. The summed E-state index contributed by atoms with van der Waals surface area (Å²) in [6.45, 7) is 2.23. The molecule has 17 heavy (non-hydrogen) atoms. The number of aromatic nitrogens is 3. The van der Waals surface area contributed by atoms with E-state index in [1.807, 2.05) is 13.0 Å². The van der Waals surface area contributed by atoms with E-state index in [4.69, 9.17) is 10.5 Å². The Morgan fingerprint density at radius 1 is 1.29 bits per heavy atom. The molecule has 2 heterocycles. The Bertz CT molecular complexity index is 533. The fourth-order valence-corrected chi connectivity index (χ4v) is 1.65. The maximum atomic E-state index is 5.54. The van der Waals surface area contributed by atoms with E-state index < -0.39 is 0 Å². The van der Waals surface area contributed by atoms with Gasteiger partial charge < -0.3 is 10.5 Å². The lowest BCUT2D eigenvalue weighted by molar-refractivity contribution is 0.435. The maximum absolute atomic E-state index is 5.54. The lowest BCUT2D eigenvalue weighted by Gasteiger charge is -2.06. The van der Waals surface area contributed by atoms with Crippen molar-refractivity contribution in [3.8, 4) is 11.8 Å². The number of aryl methyl sites for hydroxylation is 1. The molecule has 0 saturated heterocycles. The van der Waals surface area contributed by atoms with Crippen LogP contribution in [0, 0.1) is 6.92 Å². The predicted molar refractivity (Wildman–Crippen MR) is 66.7 cm³/mol. The van der Waals surface area contributed by atoms with E-state index in [-0.39, 0.29) is 6.01 Å². The molecule has 0 amide bonds. The molecule has 0 spiro atoms. The molecule has 0 saturated carbocycles. The van der Waals surface area contributed by atoms with Gasteiger partial charge in [0, 0.05) is 22.9 Å². The summed E-state index contributed by atoms with van der Waals surface area (Å²) in [4.78, 5) is 12.3. The van der Waals surface area contributed by atoms with Gasteiger partial charge in [-0.3, -0.25) is 4.98 Å². The van der Waals surface area contributed by atoms with Gasteiger partial charge >= 0.3 is 6.01 Å². The van der Waals surface area contributed by atoms with E-state index in [0.717, 1.165) is 15.9 Å². The number of hydrogen-bond acceptors (Lipinski definition) is 5. The molecule has 0 fully saturated rings. The highest BCUT2D eigenvalue weighted by Crippen LogP contribution is 2.20. The Labute approximate surface area is 107 Å². The number of rotatable bonds is 3. The summed E-state index contributed by atoms with van der Waals surface area (Å²) in [6.07, 6.45) is 3.27. The second-order valence-corrected chi connectivity index (χ2v) is 4.34. The lowest BCUT2D eigenvalue weighted by atomic mass is 10.3. The summed E-state index contributed by atoms with van der Waals surface area (Å²) in [7, 11) is 0. The van der Waals surface area contributed by atoms with Crippen molar-refractivity contribution >= 4 is 15.9 Å². The zero-order valence-corrected chi connectivity index (χ0v) is 10.8. The fraction of sp³-hybridized carbons (Fsp3) is 0.182. The highest BCUT2D eigenvalue weighted by molar-refractivity contribution is 9.10. The maximum Gasteiger partial charge on any atom is 0.322 e. The first-order valence-electron chi connectivity index (χ1n) is 5.00. The third-order valence-corrected chi connectivity index (χ3v) is 2.42. The Hall–Kier alpha value is -1.53. The van der Waals surface area contributed by atoms with Crippen molar-refractivity contribution < 1.29 is 4.74 Å². The van der Waals surface area contributed by atoms with Crippen LogP contribution in [0.2, 0.25) is 0 Å². The van der Waals surface area contributed by atoms with Crippen LogP contribution < -0.4 is 10.5 Å². The van der Waals surface area contributed by atoms with Crippen molar-refractivity contribution in [1.29, 1.82) is 0 Å². The van der Waals surface area contributed by atoms with Crippen LogP contribution in [-0.4, -0.2) is 15.0 Å². The normalized spacial score (nSPS) is 10.3. The Balaban J connectivity index is 2.26. The van der Waals surface area contributed by atoms with Gasteiger partial charge in [-0.2, -0.15) is 4.98 Å². The second kappa shape index (κ2) is 5.20. The second-order valence-electron chi connectivity index (χ2n) is 3.43. The third-order valence-electron chi connectivity index (χ3n) is 1.98. The minimum Gasteiger partial charge on any atom is -0.423 e. The number of halogens is 1. The first-order valence-corrected chi connectivity index (χ1v) is 5.79. The van der Waals surface area contributed by atoms with Crippen LogP contribution in [0.25, 0.3) is 0 Å². The molecule has 0 unspecified atom stereocenters. The van der Waals surface area contributed by atoms with E-state index in [1.54, 1.807) is 18.5 Å². The van der Waals surface area contributed by atoms with Gasteiger partial charge in [-0.25, -0.2) is 4.98 Å². The topological polar surface area (TPSA) is 73.9 Å². The smallest absolute Gasteiger partial charge is 0.322 e. The lowest BCUT2D eigenvalue weighted by Crippen LogP contribution is -2.03. The highest BCUT2D eigenvalue weighted by Gasteiger charge is 2.04. The van der Waals surface area contributed by atoms with Gasteiger partial charge in [-0.1, -0.05) is 0 Å². The Morgan fingerprint density at radius 3 is 2.82 bits per heavy atom. The molecule has 88 valence electrons. The van der Waals surface area contributed by atoms with Gasteiger partial charge in [0.2, 0.25) is 0 Å². The van der Waals surface area contributed by atoms with Crippen LogP contribution in [0.3, 0.4) is 0 Å². The SMILES string of the molecule is Cc1cc(CN)nc(Oc2cncc(Br)c2)n1. The number of nitrogens with zero attached hydrogens (tertiary/aromatic N) is 3. The Kier molecular flexibility index (Phi) is 3.65. The third kappa shape index (κ3) is 3.21. The quantitative estimate of drug-likeness (QED) is 0.939. The molecule has 0 atom stereocenters. The summed E-state index contributed by atoms with van der Waals surface area (Å²) >= 11 is 3.31. The molecule has 6 heteroatoms. The molecule has 0 aliphatic carbocycles. The number of pyridine rings is 1. The molecule has 2 rings (SSSR count). The van der Waals surface area contributed by atoms with Crippen molar-refractivity contribution in [2.45, 2.75) is 13.5 Å². The summed E-state index contributed by atoms with van der Waals surface area (Å²) < 4.78 is 6.35. The van der Waals surface area contributed by atoms with Crippen LogP contribution in [0.4, 0.5) is 0 Å². The molecule has 0 radical (unpaired) electrons. The van der Waals surface area contributed by atoms with Gasteiger partial charge in [0.15, 0.2) is 5.75 Å². The van der Waals surface area contributed by atoms with Gasteiger partial charge in [0.05, 0.1) is 11.9 Å². The molecular formula is C11H11BrN4O. The molecule has 0 aliphatic heterocycles. The number of hydrogen-bond donors (Lipinski definition) is 1. The molecule has 5 nitrogen and oxygen atoms in total. The minimum atomic E-state index is 0.283. The van der Waals surface area contributed by atoms with E-state index in [2.05, 4.69) is 30.9 Å². The van der Waals surface area contributed by atoms with E-state index in [9.17, 15) is 0 Å². The van der Waals surface area contributed by atoms with Crippen molar-refractivity contribution in [3.05, 3.63) is 40.4 Å². The molecule has 0 aromatic carbocycles. The van der Waals surface area contributed by atoms with Crippen LogP contribution >= 0.6 is 15.9 Å². The molecule has 2 N–H and O–H groups in total. The van der Waals surface area contributed by atoms with Crippen molar-refractivity contribution in [2.75, 3.05) is 0 Å². The minimum absolute atomic E-state index is 0.283. The first-order chi connectivity index (χ1) is 8.17. The molecule has 2 aromatic heterocycles. The summed E-state index contributed by atoms with van der Waals surface area (Å²) in [6, 6.07) is 3.90. The van der Waals surface area contributed by atoms with Crippen molar-refractivity contribution in [3.63, 3.8) is 0 Å².